The number of fused-ring (bicyclic) bond motifs is 1. The largest absolute Gasteiger partial charge is 0.483 e. The van der Waals surface area contributed by atoms with E-state index in [-0.39, 0.29) is 17.6 Å². The van der Waals surface area contributed by atoms with Crippen molar-refractivity contribution in [1.29, 1.82) is 0 Å². The molecule has 128 valence electrons. The molecule has 3 rings (SSSR count). The number of para-hydroxylation sites is 2. The van der Waals surface area contributed by atoms with Crippen molar-refractivity contribution in [1.82, 2.24) is 0 Å². The van der Waals surface area contributed by atoms with Gasteiger partial charge in [-0.15, -0.1) is 0 Å². The molecule has 2 aromatic rings. The molecular weight excluding hydrogens is 328 g/mol. The highest BCUT2D eigenvalue weighted by Crippen LogP contribution is 2.38. The Morgan fingerprint density at radius 2 is 1.71 bits per heavy atom. The average molecular weight is 348 g/mol. The molecule has 0 spiro atoms. The minimum absolute atomic E-state index is 0.126. The lowest BCUT2D eigenvalue weighted by Crippen LogP contribution is -2.52. The van der Waals surface area contributed by atoms with Crippen LogP contribution in [0.3, 0.4) is 0 Å². The molecule has 2 atom stereocenters. The van der Waals surface area contributed by atoms with E-state index < -0.39 is 15.7 Å². The Hall–Kier alpha value is -2.05. The molecule has 6 heteroatoms. The van der Waals surface area contributed by atoms with Gasteiger partial charge in [-0.25, -0.2) is 0 Å². The van der Waals surface area contributed by atoms with Crippen molar-refractivity contribution in [3.63, 3.8) is 0 Å². The second kappa shape index (κ2) is 6.11. The summed E-state index contributed by atoms with van der Waals surface area (Å²) in [4.78, 5) is 0.126. The summed E-state index contributed by atoms with van der Waals surface area (Å²) in [5.41, 5.74) is 0.0710. The van der Waals surface area contributed by atoms with Crippen LogP contribution in [-0.4, -0.2) is 26.7 Å². The molecule has 2 unspecified atom stereocenters. The molecule has 1 heterocycles. The van der Waals surface area contributed by atoms with Gasteiger partial charge in [0, 0.05) is 0 Å². The summed E-state index contributed by atoms with van der Waals surface area (Å²) in [6.07, 6.45) is -0.361. The van der Waals surface area contributed by atoms with Crippen molar-refractivity contribution >= 4 is 10.1 Å². The third kappa shape index (κ3) is 3.25. The van der Waals surface area contributed by atoms with Crippen molar-refractivity contribution in [2.24, 2.45) is 0 Å². The molecule has 0 fully saturated rings. The van der Waals surface area contributed by atoms with Crippen molar-refractivity contribution < 1.29 is 22.1 Å². The zero-order valence-electron chi connectivity index (χ0n) is 13.9. The zero-order valence-corrected chi connectivity index (χ0v) is 14.7. The Labute approximate surface area is 142 Å². The topological polar surface area (TPSA) is 61.8 Å². The third-order valence-corrected chi connectivity index (χ3v) is 5.44. The number of rotatable bonds is 4. The van der Waals surface area contributed by atoms with Gasteiger partial charge in [0.25, 0.3) is 10.1 Å². The first kappa shape index (κ1) is 16.8. The summed E-state index contributed by atoms with van der Waals surface area (Å²) < 4.78 is 41.8. The monoisotopic (exact) mass is 348 g/mol. The highest BCUT2D eigenvalue weighted by Gasteiger charge is 2.41. The van der Waals surface area contributed by atoms with Gasteiger partial charge in [0.1, 0.15) is 12.7 Å². The minimum Gasteiger partial charge on any atom is -0.483 e. The van der Waals surface area contributed by atoms with Crippen molar-refractivity contribution in [3.8, 4) is 11.5 Å². The van der Waals surface area contributed by atoms with Gasteiger partial charge in [-0.2, -0.15) is 8.42 Å². The summed E-state index contributed by atoms with van der Waals surface area (Å²) in [6.45, 7) is 5.36. The highest BCUT2D eigenvalue weighted by molar-refractivity contribution is 7.86. The van der Waals surface area contributed by atoms with E-state index in [0.717, 1.165) is 5.56 Å². The van der Waals surface area contributed by atoms with Crippen LogP contribution in [-0.2, 0) is 14.3 Å². The van der Waals surface area contributed by atoms with Crippen LogP contribution >= 0.6 is 0 Å². The lowest BCUT2D eigenvalue weighted by atomic mass is 10.00. The normalized spacial score (nSPS) is 23.0. The van der Waals surface area contributed by atoms with Gasteiger partial charge >= 0.3 is 0 Å². The summed E-state index contributed by atoms with van der Waals surface area (Å²) in [5, 5.41) is 0. The number of ether oxygens (including phenoxy) is 2. The van der Waals surface area contributed by atoms with Crippen LogP contribution in [0.25, 0.3) is 0 Å². The lowest BCUT2D eigenvalue weighted by Gasteiger charge is -2.40. The van der Waals surface area contributed by atoms with Crippen LogP contribution < -0.4 is 9.47 Å². The third-order valence-electron chi connectivity index (χ3n) is 4.17. The fraction of sp³-hybridized carbons (Fsp3) is 0.333. The standard InChI is InChI=1S/C18H20O5S/c1-13-8-10-15(11-9-13)24(19,20)21-12-18(3)14(2)22-16-6-4-5-7-17(16)23-18/h4-11,14H,12H2,1-3H3. The first-order valence-electron chi connectivity index (χ1n) is 7.71. The van der Waals surface area contributed by atoms with E-state index in [1.807, 2.05) is 32.0 Å². The molecule has 0 N–H and O–H groups in total. The van der Waals surface area contributed by atoms with Gasteiger partial charge in [0.2, 0.25) is 0 Å². The Bertz CT molecular complexity index is 829. The minimum atomic E-state index is -3.85. The molecule has 0 aromatic heterocycles. The predicted molar refractivity (Wildman–Crippen MR) is 89.9 cm³/mol. The smallest absolute Gasteiger partial charge is 0.297 e. The van der Waals surface area contributed by atoms with E-state index in [1.165, 1.54) is 12.1 Å². The second-order valence-electron chi connectivity index (χ2n) is 6.15. The molecule has 0 radical (unpaired) electrons. The summed E-state index contributed by atoms with van der Waals surface area (Å²) >= 11 is 0. The van der Waals surface area contributed by atoms with Crippen molar-refractivity contribution in [2.45, 2.75) is 37.4 Å². The number of hydrogen-bond donors (Lipinski definition) is 0. The average Bonchev–Trinajstić information content (AvgIpc) is 2.55. The fourth-order valence-corrected chi connectivity index (χ4v) is 3.39. The van der Waals surface area contributed by atoms with Gasteiger partial charge < -0.3 is 9.47 Å². The zero-order chi connectivity index (χ0) is 17.4. The Balaban J connectivity index is 1.77. The Morgan fingerprint density at radius 3 is 2.38 bits per heavy atom. The maximum atomic E-state index is 12.4. The molecule has 0 saturated carbocycles. The van der Waals surface area contributed by atoms with Gasteiger partial charge in [-0.05, 0) is 45.0 Å². The molecule has 2 aromatic carbocycles. The molecular formula is C18H20O5S. The van der Waals surface area contributed by atoms with Crippen molar-refractivity contribution in [3.05, 3.63) is 54.1 Å². The second-order valence-corrected chi connectivity index (χ2v) is 7.77. The van der Waals surface area contributed by atoms with Crippen LogP contribution in [0.4, 0.5) is 0 Å². The summed E-state index contributed by atoms with van der Waals surface area (Å²) in [5.74, 6) is 1.22. The molecule has 24 heavy (non-hydrogen) atoms. The Morgan fingerprint density at radius 1 is 1.08 bits per heavy atom. The van der Waals surface area contributed by atoms with E-state index in [0.29, 0.717) is 11.5 Å². The quantitative estimate of drug-likeness (QED) is 0.793. The molecule has 0 amide bonds. The van der Waals surface area contributed by atoms with Crippen LogP contribution in [0, 0.1) is 6.92 Å². The molecule has 0 aliphatic carbocycles. The molecule has 1 aliphatic rings. The van der Waals surface area contributed by atoms with E-state index >= 15 is 0 Å². The maximum Gasteiger partial charge on any atom is 0.297 e. The van der Waals surface area contributed by atoms with E-state index in [1.54, 1.807) is 25.1 Å². The lowest BCUT2D eigenvalue weighted by molar-refractivity contribution is -0.0698. The first-order valence-corrected chi connectivity index (χ1v) is 9.12. The van der Waals surface area contributed by atoms with Gasteiger partial charge in [0.15, 0.2) is 17.1 Å². The number of benzene rings is 2. The first-order chi connectivity index (χ1) is 11.3. The molecule has 5 nitrogen and oxygen atoms in total. The summed E-state index contributed by atoms with van der Waals surface area (Å²) in [6, 6.07) is 13.8. The van der Waals surface area contributed by atoms with Gasteiger partial charge in [-0.3, -0.25) is 4.18 Å². The van der Waals surface area contributed by atoms with Gasteiger partial charge in [0.05, 0.1) is 4.90 Å². The molecule has 0 saturated heterocycles. The SMILES string of the molecule is Cc1ccc(S(=O)(=O)OCC2(C)Oc3ccccc3OC2C)cc1. The number of aryl methyl sites for hydroxylation is 1. The van der Waals surface area contributed by atoms with Gasteiger partial charge in [-0.1, -0.05) is 29.8 Å². The molecule has 1 aliphatic heterocycles. The highest BCUT2D eigenvalue weighted by atomic mass is 32.2. The molecule has 0 bridgehead atoms. The predicted octanol–water partition coefficient (Wildman–Crippen LogP) is 3.32. The summed E-state index contributed by atoms with van der Waals surface area (Å²) in [7, 11) is -3.85. The number of hydrogen-bond acceptors (Lipinski definition) is 5. The van der Waals surface area contributed by atoms with Crippen LogP contribution in [0.15, 0.2) is 53.4 Å². The van der Waals surface area contributed by atoms with E-state index in [2.05, 4.69) is 0 Å². The van der Waals surface area contributed by atoms with Crippen molar-refractivity contribution in [2.75, 3.05) is 6.61 Å². The van der Waals surface area contributed by atoms with E-state index in [9.17, 15) is 8.42 Å². The fourth-order valence-electron chi connectivity index (χ4n) is 2.40. The van der Waals surface area contributed by atoms with Crippen LogP contribution in [0.5, 0.6) is 11.5 Å². The van der Waals surface area contributed by atoms with Crippen LogP contribution in [0.2, 0.25) is 0 Å². The van der Waals surface area contributed by atoms with E-state index in [4.69, 9.17) is 13.7 Å². The maximum absolute atomic E-state index is 12.4. The van der Waals surface area contributed by atoms with Crippen LogP contribution in [0.1, 0.15) is 19.4 Å². The Kier molecular flexibility index (Phi) is 4.27.